The fourth-order valence-corrected chi connectivity index (χ4v) is 2.40. The third kappa shape index (κ3) is 3.24. The first-order valence-corrected chi connectivity index (χ1v) is 7.33. The van der Waals surface area contributed by atoms with E-state index in [0.29, 0.717) is 6.42 Å². The van der Waals surface area contributed by atoms with E-state index in [1.165, 1.54) is 4.90 Å². The van der Waals surface area contributed by atoms with Gasteiger partial charge in [0.2, 0.25) is 0 Å². The molecule has 1 unspecified atom stereocenters. The van der Waals surface area contributed by atoms with Crippen LogP contribution in [0, 0.1) is 6.92 Å². The van der Waals surface area contributed by atoms with Crippen LogP contribution in [-0.4, -0.2) is 39.5 Å². The first-order chi connectivity index (χ1) is 10.4. The molecule has 0 aliphatic heterocycles. The molecule has 0 spiro atoms. The molecule has 0 saturated carbocycles. The third-order valence-corrected chi connectivity index (χ3v) is 3.83. The normalized spacial score (nSPS) is 12.1. The summed E-state index contributed by atoms with van der Waals surface area (Å²) in [5.41, 5.74) is 1.98. The number of carboxylic acids is 1. The molecule has 2 aromatic rings. The third-order valence-electron chi connectivity index (χ3n) is 3.83. The van der Waals surface area contributed by atoms with Crippen molar-refractivity contribution in [2.24, 2.45) is 0 Å². The molecule has 1 amide bonds. The maximum atomic E-state index is 12.7. The fraction of sp³-hybridized carbons (Fsp3) is 0.353. The molecule has 2 rings (SSSR count). The summed E-state index contributed by atoms with van der Waals surface area (Å²) in [6.45, 7) is 5.37. The van der Waals surface area contributed by atoms with Crippen LogP contribution in [0.4, 0.5) is 0 Å². The van der Waals surface area contributed by atoms with E-state index in [1.54, 1.807) is 6.07 Å². The van der Waals surface area contributed by atoms with Crippen molar-refractivity contribution < 1.29 is 14.7 Å². The number of hydrogen-bond donors (Lipinski definition) is 1. The van der Waals surface area contributed by atoms with Crippen LogP contribution >= 0.6 is 0 Å². The Bertz CT molecular complexity index is 712. The van der Waals surface area contributed by atoms with Gasteiger partial charge in [0, 0.05) is 11.4 Å². The number of benzene rings is 1. The average Bonchev–Trinajstić information content (AvgIpc) is 2.51. The molecule has 1 N–H and O–H groups in total. The second kappa shape index (κ2) is 6.56. The first-order valence-electron chi connectivity index (χ1n) is 7.33. The minimum atomic E-state index is -1.02. The van der Waals surface area contributed by atoms with Crippen molar-refractivity contribution >= 4 is 22.8 Å². The van der Waals surface area contributed by atoms with Gasteiger partial charge >= 0.3 is 5.97 Å². The predicted octanol–water partition coefficient (Wildman–Crippen LogP) is 2.87. The number of rotatable bonds is 5. The smallest absolute Gasteiger partial charge is 0.323 e. The monoisotopic (exact) mass is 300 g/mol. The zero-order chi connectivity index (χ0) is 16.3. The van der Waals surface area contributed by atoms with Gasteiger partial charge in [0.15, 0.2) is 0 Å². The highest BCUT2D eigenvalue weighted by molar-refractivity contribution is 5.97. The standard InChI is InChI=1S/C17H20N2O3/c1-4-12(3)19(10-16(20)21)17(22)15-9-11(2)13-7-5-6-8-14(13)18-15/h5-9,12H,4,10H2,1-3H3,(H,20,21). The molecule has 0 radical (unpaired) electrons. The minimum absolute atomic E-state index is 0.155. The SMILES string of the molecule is CCC(C)N(CC(=O)O)C(=O)c1cc(C)c2ccccc2n1. The van der Waals surface area contributed by atoms with Gasteiger partial charge in [-0.25, -0.2) is 4.98 Å². The number of carboxylic acid groups (broad SMARTS) is 1. The topological polar surface area (TPSA) is 70.5 Å². The zero-order valence-electron chi connectivity index (χ0n) is 13.0. The van der Waals surface area contributed by atoms with Gasteiger partial charge in [-0.2, -0.15) is 0 Å². The highest BCUT2D eigenvalue weighted by Gasteiger charge is 2.24. The lowest BCUT2D eigenvalue weighted by Crippen LogP contribution is -2.42. The molecule has 1 aromatic carbocycles. The van der Waals surface area contributed by atoms with Crippen molar-refractivity contribution in [2.45, 2.75) is 33.2 Å². The lowest BCUT2D eigenvalue weighted by Gasteiger charge is -2.26. The zero-order valence-corrected chi connectivity index (χ0v) is 13.0. The Hall–Kier alpha value is -2.43. The molecular formula is C17H20N2O3. The molecule has 5 nitrogen and oxygen atoms in total. The molecule has 0 aliphatic carbocycles. The van der Waals surface area contributed by atoms with Crippen molar-refractivity contribution in [1.82, 2.24) is 9.88 Å². The van der Waals surface area contributed by atoms with E-state index in [9.17, 15) is 9.59 Å². The number of pyridine rings is 1. The fourth-order valence-electron chi connectivity index (χ4n) is 2.40. The number of aryl methyl sites for hydroxylation is 1. The van der Waals surface area contributed by atoms with Crippen molar-refractivity contribution in [3.05, 3.63) is 41.6 Å². The molecule has 1 aromatic heterocycles. The summed E-state index contributed by atoms with van der Waals surface area (Å²) in [5, 5.41) is 10.0. The summed E-state index contributed by atoms with van der Waals surface area (Å²) in [7, 11) is 0. The number of para-hydroxylation sites is 1. The van der Waals surface area contributed by atoms with E-state index in [2.05, 4.69) is 4.98 Å². The van der Waals surface area contributed by atoms with Crippen LogP contribution in [0.5, 0.6) is 0 Å². The van der Waals surface area contributed by atoms with Gasteiger partial charge in [-0.3, -0.25) is 9.59 Å². The van der Waals surface area contributed by atoms with E-state index >= 15 is 0 Å². The minimum Gasteiger partial charge on any atom is -0.480 e. The highest BCUT2D eigenvalue weighted by atomic mass is 16.4. The lowest BCUT2D eigenvalue weighted by molar-refractivity contribution is -0.138. The number of carbonyl (C=O) groups is 2. The summed E-state index contributed by atoms with van der Waals surface area (Å²) in [6, 6.07) is 9.17. The number of fused-ring (bicyclic) bond motifs is 1. The molecular weight excluding hydrogens is 280 g/mol. The Morgan fingerprint density at radius 1 is 1.32 bits per heavy atom. The summed E-state index contributed by atoms with van der Waals surface area (Å²) < 4.78 is 0. The molecule has 22 heavy (non-hydrogen) atoms. The lowest BCUT2D eigenvalue weighted by atomic mass is 10.1. The van der Waals surface area contributed by atoms with Crippen LogP contribution in [0.2, 0.25) is 0 Å². The Kier molecular flexibility index (Phi) is 4.75. The van der Waals surface area contributed by atoms with Crippen molar-refractivity contribution in [3.63, 3.8) is 0 Å². The molecule has 5 heteroatoms. The van der Waals surface area contributed by atoms with Crippen LogP contribution in [-0.2, 0) is 4.79 Å². The van der Waals surface area contributed by atoms with E-state index in [0.717, 1.165) is 16.5 Å². The second-order valence-corrected chi connectivity index (χ2v) is 5.43. The molecule has 0 fully saturated rings. The van der Waals surface area contributed by atoms with Crippen LogP contribution in [0.25, 0.3) is 10.9 Å². The van der Waals surface area contributed by atoms with Crippen molar-refractivity contribution in [1.29, 1.82) is 0 Å². The molecule has 116 valence electrons. The van der Waals surface area contributed by atoms with Crippen LogP contribution in [0.3, 0.4) is 0 Å². The van der Waals surface area contributed by atoms with Gasteiger partial charge < -0.3 is 10.0 Å². The van der Waals surface area contributed by atoms with Crippen molar-refractivity contribution in [3.8, 4) is 0 Å². The van der Waals surface area contributed by atoms with Crippen LogP contribution in [0.1, 0.15) is 36.3 Å². The molecule has 0 aliphatic rings. The Morgan fingerprint density at radius 2 is 2.00 bits per heavy atom. The Labute approximate surface area is 129 Å². The summed E-state index contributed by atoms with van der Waals surface area (Å²) in [6.07, 6.45) is 0.686. The number of amides is 1. The van der Waals surface area contributed by atoms with Gasteiger partial charge in [-0.05, 0) is 38.0 Å². The maximum absolute atomic E-state index is 12.7. The van der Waals surface area contributed by atoms with E-state index in [-0.39, 0.29) is 24.2 Å². The summed E-state index contributed by atoms with van der Waals surface area (Å²) >= 11 is 0. The highest BCUT2D eigenvalue weighted by Crippen LogP contribution is 2.19. The van der Waals surface area contributed by atoms with E-state index < -0.39 is 5.97 Å². The first kappa shape index (κ1) is 15.9. The van der Waals surface area contributed by atoms with Gasteiger partial charge in [0.25, 0.3) is 5.91 Å². The number of nitrogens with zero attached hydrogens (tertiary/aromatic N) is 2. The maximum Gasteiger partial charge on any atom is 0.323 e. The van der Waals surface area contributed by atoms with Gasteiger partial charge in [0.1, 0.15) is 12.2 Å². The number of aliphatic carboxylic acids is 1. The summed E-state index contributed by atoms with van der Waals surface area (Å²) in [5.74, 6) is -1.36. The molecule has 0 saturated heterocycles. The number of aromatic nitrogens is 1. The van der Waals surface area contributed by atoms with Gasteiger partial charge in [0.05, 0.1) is 5.52 Å². The predicted molar refractivity (Wildman–Crippen MR) is 84.9 cm³/mol. The largest absolute Gasteiger partial charge is 0.480 e. The van der Waals surface area contributed by atoms with E-state index in [1.807, 2.05) is 45.0 Å². The number of carbonyl (C=O) groups excluding carboxylic acids is 1. The Morgan fingerprint density at radius 3 is 2.64 bits per heavy atom. The molecule has 1 atom stereocenters. The molecule has 1 heterocycles. The van der Waals surface area contributed by atoms with Gasteiger partial charge in [-0.1, -0.05) is 25.1 Å². The van der Waals surface area contributed by atoms with Crippen LogP contribution in [0.15, 0.2) is 30.3 Å². The average molecular weight is 300 g/mol. The van der Waals surface area contributed by atoms with Crippen LogP contribution < -0.4 is 0 Å². The van der Waals surface area contributed by atoms with Gasteiger partial charge in [-0.15, -0.1) is 0 Å². The summed E-state index contributed by atoms with van der Waals surface area (Å²) in [4.78, 5) is 29.5. The van der Waals surface area contributed by atoms with Crippen molar-refractivity contribution in [2.75, 3.05) is 6.54 Å². The second-order valence-electron chi connectivity index (χ2n) is 5.43. The quantitative estimate of drug-likeness (QED) is 0.921. The van der Waals surface area contributed by atoms with E-state index in [4.69, 9.17) is 5.11 Å². The molecule has 0 bridgehead atoms. The Balaban J connectivity index is 2.44. The number of hydrogen-bond acceptors (Lipinski definition) is 3.